The van der Waals surface area contributed by atoms with Crippen LogP contribution in [0.1, 0.15) is 0 Å². The lowest BCUT2D eigenvalue weighted by atomic mass is 10.3. The van der Waals surface area contributed by atoms with Crippen molar-refractivity contribution >= 4 is 46.6 Å². The zero-order valence-electron chi connectivity index (χ0n) is 10.8. The maximum atomic E-state index is 12.1. The summed E-state index contributed by atoms with van der Waals surface area (Å²) in [5, 5.41) is 4.81. The van der Waals surface area contributed by atoms with Gasteiger partial charge in [-0.05, 0) is 30.4 Å². The molecule has 10 heteroatoms. The molecule has 5 nitrogen and oxygen atoms in total. The van der Waals surface area contributed by atoms with E-state index in [-0.39, 0.29) is 10.8 Å². The minimum atomic E-state index is -4.25. The van der Waals surface area contributed by atoms with Crippen molar-refractivity contribution in [1.29, 1.82) is 0 Å². The van der Waals surface area contributed by atoms with Gasteiger partial charge >= 0.3 is 12.3 Å². The molecule has 4 N–H and O–H groups in total. The molecular formula is C11H12F3N3O2S2. The van der Waals surface area contributed by atoms with Crippen molar-refractivity contribution in [3.8, 4) is 0 Å². The second kappa shape index (κ2) is 7.36. The van der Waals surface area contributed by atoms with Crippen molar-refractivity contribution < 1.29 is 22.7 Å². The molecule has 0 aliphatic carbocycles. The Labute approximate surface area is 128 Å². The molecule has 0 spiro atoms. The lowest BCUT2D eigenvalue weighted by Crippen LogP contribution is -2.34. The number of thioether (sulfide) groups is 1. The third kappa shape index (κ3) is 6.54. The fourth-order valence-electron chi connectivity index (χ4n) is 1.21. The summed E-state index contributed by atoms with van der Waals surface area (Å²) in [6.07, 6.45) is -4.99. The number of carbonyl (C=O) groups excluding carboxylic acids is 1. The number of ether oxygens (including phenoxy) is 1. The Morgan fingerprint density at radius 3 is 2.67 bits per heavy atom. The van der Waals surface area contributed by atoms with E-state index in [2.05, 4.69) is 15.4 Å². The molecule has 0 radical (unpaired) electrons. The zero-order chi connectivity index (χ0) is 16.0. The summed E-state index contributed by atoms with van der Waals surface area (Å²) in [4.78, 5) is 11.3. The van der Waals surface area contributed by atoms with Crippen molar-refractivity contribution in [3.05, 3.63) is 18.2 Å². The van der Waals surface area contributed by atoms with E-state index in [1.807, 2.05) is 0 Å². The number of nitrogen functional groups attached to an aromatic ring is 1. The second-order valence-corrected chi connectivity index (χ2v) is 5.18. The lowest BCUT2D eigenvalue weighted by Gasteiger charge is -2.12. The van der Waals surface area contributed by atoms with Gasteiger partial charge in [-0.25, -0.2) is 4.79 Å². The summed E-state index contributed by atoms with van der Waals surface area (Å²) < 4.78 is 40.7. The van der Waals surface area contributed by atoms with E-state index in [1.165, 1.54) is 25.3 Å². The van der Waals surface area contributed by atoms with Gasteiger partial charge < -0.3 is 15.8 Å². The molecule has 116 valence electrons. The van der Waals surface area contributed by atoms with Gasteiger partial charge in [0, 0.05) is 4.90 Å². The zero-order valence-corrected chi connectivity index (χ0v) is 12.4. The van der Waals surface area contributed by atoms with Crippen LogP contribution in [0.5, 0.6) is 0 Å². The van der Waals surface area contributed by atoms with Crippen LogP contribution in [-0.2, 0) is 4.74 Å². The second-order valence-electron chi connectivity index (χ2n) is 3.72. The summed E-state index contributed by atoms with van der Waals surface area (Å²) in [7, 11) is 1.18. The number of alkyl halides is 3. The van der Waals surface area contributed by atoms with E-state index >= 15 is 0 Å². The minimum Gasteiger partial charge on any atom is -0.453 e. The molecule has 0 heterocycles. The fourth-order valence-corrected chi connectivity index (χ4v) is 2.11. The number of nitrogens with one attached hydrogen (secondary N) is 2. The van der Waals surface area contributed by atoms with Crippen LogP contribution in [0.4, 0.5) is 29.3 Å². The normalized spacial score (nSPS) is 10.9. The van der Waals surface area contributed by atoms with Crippen molar-refractivity contribution in [1.82, 2.24) is 5.32 Å². The van der Waals surface area contributed by atoms with Gasteiger partial charge in [0.25, 0.3) is 0 Å². The van der Waals surface area contributed by atoms with Gasteiger partial charge in [-0.3, -0.25) is 5.32 Å². The summed E-state index contributed by atoms with van der Waals surface area (Å²) >= 11 is 5.47. The topological polar surface area (TPSA) is 76.4 Å². The third-order valence-electron chi connectivity index (χ3n) is 2.07. The van der Waals surface area contributed by atoms with E-state index in [0.717, 1.165) is 0 Å². The van der Waals surface area contributed by atoms with Crippen molar-refractivity contribution in [3.63, 3.8) is 0 Å². The first-order valence-electron chi connectivity index (χ1n) is 5.46. The predicted octanol–water partition coefficient (Wildman–Crippen LogP) is 2.98. The molecule has 0 saturated heterocycles. The first-order chi connectivity index (χ1) is 9.71. The average molecular weight is 339 g/mol. The third-order valence-corrected chi connectivity index (χ3v) is 3.34. The van der Waals surface area contributed by atoms with Gasteiger partial charge in [0.15, 0.2) is 5.11 Å². The number of carbonyl (C=O) groups is 1. The fraction of sp³-hybridized carbons (Fsp3) is 0.273. The number of hydrogen-bond donors (Lipinski definition) is 3. The largest absolute Gasteiger partial charge is 0.453 e. The number of methoxy groups -OCH3 is 1. The highest BCUT2D eigenvalue weighted by Gasteiger charge is 2.27. The Kier molecular flexibility index (Phi) is 6.09. The van der Waals surface area contributed by atoms with Gasteiger partial charge in [0.1, 0.15) is 0 Å². The first kappa shape index (κ1) is 17.4. The number of amides is 1. The summed E-state index contributed by atoms with van der Waals surface area (Å²) in [6, 6.07) is 4.33. The first-order valence-corrected chi connectivity index (χ1v) is 6.85. The van der Waals surface area contributed by atoms with Crippen molar-refractivity contribution in [2.45, 2.75) is 11.1 Å². The van der Waals surface area contributed by atoms with Gasteiger partial charge in [0.05, 0.1) is 24.2 Å². The lowest BCUT2D eigenvalue weighted by molar-refractivity contribution is -0.105. The molecule has 0 unspecified atom stereocenters. The molecule has 21 heavy (non-hydrogen) atoms. The molecule has 1 aromatic carbocycles. The molecule has 0 fully saturated rings. The minimum absolute atomic E-state index is 0.0377. The Balaban J connectivity index is 2.66. The van der Waals surface area contributed by atoms with Gasteiger partial charge in [-0.15, -0.1) is 11.8 Å². The number of benzene rings is 1. The number of hydrogen-bond acceptors (Lipinski definition) is 5. The quantitative estimate of drug-likeness (QED) is 0.446. The highest BCUT2D eigenvalue weighted by Crippen LogP contribution is 2.30. The molecule has 0 aliphatic heterocycles. The maximum absolute atomic E-state index is 12.1. The molecule has 1 amide bonds. The standard InChI is InChI=1S/C11H12F3N3O2S2/c1-19-10(18)17-9(20)16-8-3-2-6(4-7(8)15)21-5-11(12,13)14/h2-4H,5,15H2,1H3,(H2,16,17,18,20). The number of thiocarbonyl (C=S) groups is 1. The summed E-state index contributed by atoms with van der Waals surface area (Å²) in [5.41, 5.74) is 6.28. The van der Waals surface area contributed by atoms with Crippen LogP contribution in [-0.4, -0.2) is 30.2 Å². The number of alkyl carbamates (subject to hydrolysis) is 1. The SMILES string of the molecule is COC(=O)NC(=S)Nc1ccc(SCC(F)(F)F)cc1N. The molecule has 0 atom stereocenters. The molecule has 0 aliphatic rings. The van der Waals surface area contributed by atoms with Crippen LogP contribution in [0.15, 0.2) is 23.1 Å². The van der Waals surface area contributed by atoms with E-state index in [0.29, 0.717) is 22.3 Å². The van der Waals surface area contributed by atoms with Crippen LogP contribution < -0.4 is 16.4 Å². The van der Waals surface area contributed by atoms with Gasteiger partial charge in [0.2, 0.25) is 0 Å². The highest BCUT2D eigenvalue weighted by molar-refractivity contribution is 7.99. The average Bonchev–Trinajstić information content (AvgIpc) is 2.38. The van der Waals surface area contributed by atoms with Crippen LogP contribution in [0.3, 0.4) is 0 Å². The monoisotopic (exact) mass is 339 g/mol. The molecule has 0 bridgehead atoms. The molecule has 0 aromatic heterocycles. The van der Waals surface area contributed by atoms with E-state index in [4.69, 9.17) is 18.0 Å². The molecule has 1 aromatic rings. The number of nitrogens with two attached hydrogens (primary N) is 1. The van der Waals surface area contributed by atoms with Crippen LogP contribution >= 0.6 is 24.0 Å². The Morgan fingerprint density at radius 2 is 2.14 bits per heavy atom. The summed E-state index contributed by atoms with van der Waals surface area (Å²) in [5.74, 6) is -0.998. The van der Waals surface area contributed by atoms with Crippen molar-refractivity contribution in [2.75, 3.05) is 23.9 Å². The Morgan fingerprint density at radius 1 is 1.48 bits per heavy atom. The van der Waals surface area contributed by atoms with Crippen LogP contribution in [0, 0.1) is 0 Å². The summed E-state index contributed by atoms with van der Waals surface area (Å²) in [6.45, 7) is 0. The maximum Gasteiger partial charge on any atom is 0.413 e. The number of rotatable bonds is 3. The highest BCUT2D eigenvalue weighted by atomic mass is 32.2. The van der Waals surface area contributed by atoms with Crippen LogP contribution in [0.25, 0.3) is 0 Å². The van der Waals surface area contributed by atoms with E-state index in [9.17, 15) is 18.0 Å². The van der Waals surface area contributed by atoms with E-state index < -0.39 is 18.0 Å². The van der Waals surface area contributed by atoms with Gasteiger partial charge in [-0.2, -0.15) is 13.2 Å². The molecule has 1 rings (SSSR count). The van der Waals surface area contributed by atoms with E-state index in [1.54, 1.807) is 0 Å². The smallest absolute Gasteiger partial charge is 0.413 e. The Bertz CT molecular complexity index is 538. The van der Waals surface area contributed by atoms with Crippen molar-refractivity contribution in [2.24, 2.45) is 0 Å². The number of halogens is 3. The number of anilines is 2. The van der Waals surface area contributed by atoms with Gasteiger partial charge in [-0.1, -0.05) is 0 Å². The molecular weight excluding hydrogens is 327 g/mol. The predicted molar refractivity (Wildman–Crippen MR) is 79.4 cm³/mol. The van der Waals surface area contributed by atoms with Crippen LogP contribution in [0.2, 0.25) is 0 Å². The molecule has 0 saturated carbocycles. The Hall–Kier alpha value is -1.68.